The summed E-state index contributed by atoms with van der Waals surface area (Å²) in [6.45, 7) is 3.37. The molecule has 1 saturated heterocycles. The standard InChI is InChI=1S/C14H22ClN3O3/c15-11-5-16-18(7-11)6-10-3-13(14(19)4-10)17-12-8-20-1-2-21-9-12/h5,7,10,12-14,17,19H,1-4,6,8-9H2/t10?,13-,14-/m1/s1. The molecule has 1 aliphatic heterocycles. The van der Waals surface area contributed by atoms with Crippen molar-refractivity contribution in [1.82, 2.24) is 15.1 Å². The summed E-state index contributed by atoms with van der Waals surface area (Å²) < 4.78 is 12.8. The summed E-state index contributed by atoms with van der Waals surface area (Å²) in [4.78, 5) is 0. The molecule has 1 aliphatic carbocycles. The summed E-state index contributed by atoms with van der Waals surface area (Å²) in [6, 6.07) is 0.251. The molecule has 3 rings (SSSR count). The molecular formula is C14H22ClN3O3. The number of halogens is 1. The monoisotopic (exact) mass is 315 g/mol. The molecule has 2 heterocycles. The van der Waals surface area contributed by atoms with Gasteiger partial charge in [0.25, 0.3) is 0 Å². The lowest BCUT2D eigenvalue weighted by atomic mass is 10.1. The minimum Gasteiger partial charge on any atom is -0.391 e. The van der Waals surface area contributed by atoms with Gasteiger partial charge in [0.1, 0.15) is 0 Å². The van der Waals surface area contributed by atoms with Gasteiger partial charge in [0, 0.05) is 18.8 Å². The molecule has 1 saturated carbocycles. The minimum absolute atomic E-state index is 0.0938. The lowest BCUT2D eigenvalue weighted by Crippen LogP contribution is -2.46. The molecule has 1 aromatic rings. The van der Waals surface area contributed by atoms with Crippen molar-refractivity contribution in [2.75, 3.05) is 26.4 Å². The van der Waals surface area contributed by atoms with E-state index in [4.69, 9.17) is 21.1 Å². The highest BCUT2D eigenvalue weighted by molar-refractivity contribution is 6.30. The summed E-state index contributed by atoms with van der Waals surface area (Å²) in [5.74, 6) is 0.404. The van der Waals surface area contributed by atoms with Crippen LogP contribution in [0.3, 0.4) is 0 Å². The van der Waals surface area contributed by atoms with Crippen molar-refractivity contribution in [3.63, 3.8) is 0 Å². The predicted octanol–water partition coefficient (Wildman–Crippen LogP) is 0.681. The molecule has 0 spiro atoms. The number of nitrogens with one attached hydrogen (secondary N) is 1. The molecule has 0 aromatic carbocycles. The predicted molar refractivity (Wildman–Crippen MR) is 78.3 cm³/mol. The van der Waals surface area contributed by atoms with Gasteiger partial charge in [-0.05, 0) is 18.8 Å². The molecule has 2 aliphatic rings. The maximum Gasteiger partial charge on any atom is 0.0785 e. The van der Waals surface area contributed by atoms with E-state index in [0.29, 0.717) is 37.4 Å². The van der Waals surface area contributed by atoms with Gasteiger partial charge in [-0.3, -0.25) is 4.68 Å². The van der Waals surface area contributed by atoms with Gasteiger partial charge in [-0.15, -0.1) is 0 Å². The second kappa shape index (κ2) is 7.07. The van der Waals surface area contributed by atoms with Crippen molar-refractivity contribution < 1.29 is 14.6 Å². The van der Waals surface area contributed by atoms with E-state index in [1.54, 1.807) is 6.20 Å². The highest BCUT2D eigenvalue weighted by Gasteiger charge is 2.34. The van der Waals surface area contributed by atoms with E-state index in [1.807, 2.05) is 10.9 Å². The zero-order valence-corrected chi connectivity index (χ0v) is 12.7. The first-order chi connectivity index (χ1) is 10.2. The Morgan fingerprint density at radius 2 is 2.10 bits per heavy atom. The minimum atomic E-state index is -0.329. The Labute approximate surface area is 129 Å². The summed E-state index contributed by atoms with van der Waals surface area (Å²) in [5.41, 5.74) is 0. The Morgan fingerprint density at radius 1 is 1.33 bits per heavy atom. The average Bonchev–Trinajstić information content (AvgIpc) is 2.89. The van der Waals surface area contributed by atoms with Crippen molar-refractivity contribution in [3.05, 3.63) is 17.4 Å². The van der Waals surface area contributed by atoms with Gasteiger partial charge in [-0.2, -0.15) is 5.10 Å². The quantitative estimate of drug-likeness (QED) is 0.855. The van der Waals surface area contributed by atoms with E-state index < -0.39 is 0 Å². The van der Waals surface area contributed by atoms with E-state index in [9.17, 15) is 5.11 Å². The van der Waals surface area contributed by atoms with Crippen LogP contribution in [0, 0.1) is 5.92 Å². The Kier molecular flexibility index (Phi) is 5.13. The fourth-order valence-corrected chi connectivity index (χ4v) is 3.32. The zero-order valence-electron chi connectivity index (χ0n) is 11.9. The van der Waals surface area contributed by atoms with Crippen LogP contribution >= 0.6 is 11.6 Å². The highest BCUT2D eigenvalue weighted by Crippen LogP contribution is 2.28. The molecule has 2 N–H and O–H groups in total. The molecule has 1 aromatic heterocycles. The van der Waals surface area contributed by atoms with Crippen LogP contribution in [0.25, 0.3) is 0 Å². The number of hydrogen-bond donors (Lipinski definition) is 2. The van der Waals surface area contributed by atoms with Crippen LogP contribution in [-0.2, 0) is 16.0 Å². The molecule has 6 nitrogen and oxygen atoms in total. The van der Waals surface area contributed by atoms with Gasteiger partial charge in [0.05, 0.1) is 49.8 Å². The van der Waals surface area contributed by atoms with E-state index in [2.05, 4.69) is 10.4 Å². The molecular weight excluding hydrogens is 294 g/mol. The lowest BCUT2D eigenvalue weighted by Gasteiger charge is -2.23. The van der Waals surface area contributed by atoms with Crippen molar-refractivity contribution in [2.45, 2.75) is 37.6 Å². The van der Waals surface area contributed by atoms with Crippen LogP contribution in [0.5, 0.6) is 0 Å². The second-order valence-electron chi connectivity index (χ2n) is 5.91. The molecule has 0 bridgehead atoms. The molecule has 118 valence electrons. The van der Waals surface area contributed by atoms with Gasteiger partial charge in [0.15, 0.2) is 0 Å². The maximum atomic E-state index is 10.2. The maximum absolute atomic E-state index is 10.2. The van der Waals surface area contributed by atoms with Crippen LogP contribution in [0.15, 0.2) is 12.4 Å². The third-order valence-electron chi connectivity index (χ3n) is 4.13. The number of rotatable bonds is 4. The van der Waals surface area contributed by atoms with E-state index in [1.165, 1.54) is 0 Å². The summed E-state index contributed by atoms with van der Waals surface area (Å²) in [5, 5.41) is 18.6. The molecule has 0 amide bonds. The van der Waals surface area contributed by atoms with Crippen molar-refractivity contribution >= 4 is 11.6 Å². The smallest absolute Gasteiger partial charge is 0.0785 e. The third kappa shape index (κ3) is 4.17. The van der Waals surface area contributed by atoms with Gasteiger partial charge in [0.2, 0.25) is 0 Å². The van der Waals surface area contributed by atoms with Gasteiger partial charge >= 0.3 is 0 Å². The summed E-state index contributed by atoms with van der Waals surface area (Å²) in [6.07, 6.45) is 4.84. The van der Waals surface area contributed by atoms with E-state index in [-0.39, 0.29) is 18.2 Å². The number of aromatic nitrogens is 2. The molecule has 0 radical (unpaired) electrons. The lowest BCUT2D eigenvalue weighted by molar-refractivity contribution is 0.103. The Hall–Kier alpha value is -0.660. The summed E-state index contributed by atoms with van der Waals surface area (Å²) >= 11 is 5.87. The SMILES string of the molecule is O[C@@H]1CC(Cn2cc(Cl)cn2)C[C@H]1NC1COCCOC1. The number of aliphatic hydroxyl groups is 1. The molecule has 2 fully saturated rings. The van der Waals surface area contributed by atoms with Crippen molar-refractivity contribution in [3.8, 4) is 0 Å². The third-order valence-corrected chi connectivity index (χ3v) is 4.33. The van der Waals surface area contributed by atoms with Crippen LogP contribution < -0.4 is 5.32 Å². The fraction of sp³-hybridized carbons (Fsp3) is 0.786. The van der Waals surface area contributed by atoms with Crippen LogP contribution in [0.2, 0.25) is 5.02 Å². The van der Waals surface area contributed by atoms with Crippen LogP contribution in [0.4, 0.5) is 0 Å². The normalized spacial score (nSPS) is 31.4. The van der Waals surface area contributed by atoms with Crippen LogP contribution in [0.1, 0.15) is 12.8 Å². The van der Waals surface area contributed by atoms with Crippen molar-refractivity contribution in [2.24, 2.45) is 5.92 Å². The van der Waals surface area contributed by atoms with Crippen molar-refractivity contribution in [1.29, 1.82) is 0 Å². The largest absolute Gasteiger partial charge is 0.391 e. The molecule has 3 atom stereocenters. The number of hydrogen-bond acceptors (Lipinski definition) is 5. The first-order valence-electron chi connectivity index (χ1n) is 7.48. The first-order valence-corrected chi connectivity index (χ1v) is 7.86. The molecule has 7 heteroatoms. The highest BCUT2D eigenvalue weighted by atomic mass is 35.5. The zero-order chi connectivity index (χ0) is 14.7. The fourth-order valence-electron chi connectivity index (χ4n) is 3.17. The number of nitrogens with zero attached hydrogens (tertiary/aromatic N) is 2. The Balaban J connectivity index is 1.50. The number of aliphatic hydroxyl groups excluding tert-OH is 1. The Morgan fingerprint density at radius 3 is 2.76 bits per heavy atom. The first kappa shape index (κ1) is 15.2. The average molecular weight is 316 g/mol. The number of ether oxygens (including phenoxy) is 2. The molecule has 1 unspecified atom stereocenters. The van der Waals surface area contributed by atoms with Crippen LogP contribution in [-0.4, -0.2) is 59.5 Å². The van der Waals surface area contributed by atoms with E-state index in [0.717, 1.165) is 19.4 Å². The summed E-state index contributed by atoms with van der Waals surface area (Å²) in [7, 11) is 0. The second-order valence-corrected chi connectivity index (χ2v) is 6.34. The van der Waals surface area contributed by atoms with Gasteiger partial charge < -0.3 is 19.9 Å². The Bertz CT molecular complexity index is 448. The topological polar surface area (TPSA) is 68.5 Å². The van der Waals surface area contributed by atoms with Gasteiger partial charge in [-0.25, -0.2) is 0 Å². The van der Waals surface area contributed by atoms with Gasteiger partial charge in [-0.1, -0.05) is 11.6 Å². The van der Waals surface area contributed by atoms with E-state index >= 15 is 0 Å². The molecule has 21 heavy (non-hydrogen) atoms.